The van der Waals surface area contributed by atoms with Crippen LogP contribution in [-0.4, -0.2) is 11.9 Å². The summed E-state index contributed by atoms with van der Waals surface area (Å²) >= 11 is 0. The van der Waals surface area contributed by atoms with E-state index in [4.69, 9.17) is 0 Å². The van der Waals surface area contributed by atoms with Crippen molar-refractivity contribution in [3.63, 3.8) is 0 Å². The molecule has 0 fully saturated rings. The summed E-state index contributed by atoms with van der Waals surface area (Å²) < 4.78 is 48.2. The molecule has 0 aliphatic rings. The van der Waals surface area contributed by atoms with Gasteiger partial charge in [0.2, 0.25) is 0 Å². The second kappa shape index (κ2) is 6.50. The number of rotatable bonds is 4. The Morgan fingerprint density at radius 2 is 1.17 bits per heavy atom. The van der Waals surface area contributed by atoms with Gasteiger partial charge in [0.15, 0.2) is 0 Å². The van der Waals surface area contributed by atoms with Gasteiger partial charge in [-0.15, -0.1) is 0 Å². The van der Waals surface area contributed by atoms with Crippen LogP contribution < -0.4 is 18.6 Å². The molecule has 0 aromatic heterocycles. The first-order valence-electron chi connectivity index (χ1n) is 4.07. The molecule has 98 valence electrons. The molecule has 8 nitrogen and oxygen atoms in total. The Kier molecular flexibility index (Phi) is 5.28. The van der Waals surface area contributed by atoms with Crippen LogP contribution in [0.1, 0.15) is 20.7 Å². The third kappa shape index (κ3) is 4.11. The zero-order valence-electron chi connectivity index (χ0n) is 8.33. The molecule has 0 amide bonds. The summed E-state index contributed by atoms with van der Waals surface area (Å²) in [7, 11) is -5.54. The average Bonchev–Trinajstić information content (AvgIpc) is 2.27. The first kappa shape index (κ1) is 14.6. The third-order valence-electron chi connectivity index (χ3n) is 1.63. The molecule has 1 aromatic rings. The Morgan fingerprint density at radius 3 is 1.44 bits per heavy atom. The van der Waals surface area contributed by atoms with Crippen molar-refractivity contribution in [3.05, 3.63) is 35.4 Å². The van der Waals surface area contributed by atoms with Gasteiger partial charge in [-0.05, 0) is 12.1 Å². The van der Waals surface area contributed by atoms with Gasteiger partial charge in [-0.2, -0.15) is 0 Å². The predicted molar refractivity (Wildman–Crippen MR) is 37.3 cm³/mol. The summed E-state index contributed by atoms with van der Waals surface area (Å²) in [4.78, 5) is 22.6. The first-order chi connectivity index (χ1) is 8.41. The van der Waals surface area contributed by atoms with Crippen LogP contribution in [0.15, 0.2) is 24.3 Å². The maximum Gasteiger partial charge on any atom is 0.453 e. The molecule has 18 heavy (non-hydrogen) atoms. The van der Waals surface area contributed by atoms with Gasteiger partial charge in [0, 0.05) is 0 Å². The lowest BCUT2D eigenvalue weighted by Gasteiger charge is -2.01. The lowest BCUT2D eigenvalue weighted by Crippen LogP contribution is -2.37. The van der Waals surface area contributed by atoms with Crippen LogP contribution >= 0.6 is 0 Å². The van der Waals surface area contributed by atoms with Gasteiger partial charge < -0.3 is 18.6 Å². The molecule has 0 spiro atoms. The quantitative estimate of drug-likeness (QED) is 0.549. The molecule has 0 N–H and O–H groups in total. The maximum absolute atomic E-state index is 11.3. The molecule has 0 saturated carbocycles. The third-order valence-corrected chi connectivity index (χ3v) is 2.17. The van der Waals surface area contributed by atoms with Gasteiger partial charge in [-0.1, -0.05) is 20.7 Å². The van der Waals surface area contributed by atoms with E-state index >= 15 is 0 Å². The fourth-order valence-electron chi connectivity index (χ4n) is 1.04. The summed E-state index contributed by atoms with van der Waals surface area (Å²) in [5.41, 5.74) is -0.897. The second-order valence-corrected chi connectivity index (χ2v) is 3.72. The monoisotopic (exact) mass is 298 g/mol. The van der Waals surface area contributed by atoms with Crippen molar-refractivity contribution < 1.29 is 58.4 Å². The van der Waals surface area contributed by atoms with E-state index in [1.165, 1.54) is 12.1 Å². The van der Waals surface area contributed by atoms with E-state index in [1.54, 1.807) is 0 Å². The molecular weight excluding hydrogens is 295 g/mol. The minimum Gasteiger partial charge on any atom is -0.307 e. The molecular formula is C8H4Cl2O8. The number of carbonyl (C=O) groups excluding carboxylic acids is 2. The average molecular weight is 299 g/mol. The van der Waals surface area contributed by atoms with E-state index in [1.807, 2.05) is 0 Å². The highest BCUT2D eigenvalue weighted by Gasteiger charge is 2.30. The molecule has 0 unspecified atom stereocenters. The summed E-state index contributed by atoms with van der Waals surface area (Å²) in [5, 5.41) is 0. The SMILES string of the molecule is O=C(O[Cl+2]([O-])[O-])c1ccccc1C(=O)O[Cl+2]([O-])[O-]. The fraction of sp³-hybridized carbons (Fsp3) is 0. The van der Waals surface area contributed by atoms with Gasteiger partial charge in [0.25, 0.3) is 0 Å². The Hall–Kier alpha value is -1.42. The van der Waals surface area contributed by atoms with E-state index in [9.17, 15) is 28.2 Å². The minimum atomic E-state index is -2.77. The zero-order chi connectivity index (χ0) is 13.7. The van der Waals surface area contributed by atoms with Crippen molar-refractivity contribution >= 4 is 11.9 Å². The van der Waals surface area contributed by atoms with Crippen molar-refractivity contribution in [2.75, 3.05) is 0 Å². The minimum absolute atomic E-state index is 0.448. The van der Waals surface area contributed by atoms with Gasteiger partial charge in [-0.25, -0.2) is 9.59 Å². The van der Waals surface area contributed by atoms with Gasteiger partial charge in [0.1, 0.15) is 0 Å². The molecule has 1 aromatic carbocycles. The number of hydrogen-bond donors (Lipinski definition) is 0. The molecule has 0 aliphatic carbocycles. The largest absolute Gasteiger partial charge is 0.453 e. The molecule has 10 heteroatoms. The van der Waals surface area contributed by atoms with Crippen LogP contribution in [0.4, 0.5) is 0 Å². The lowest BCUT2D eigenvalue weighted by molar-refractivity contribution is -1.62. The molecule has 1 rings (SSSR count). The van der Waals surface area contributed by atoms with Crippen LogP contribution in [0.5, 0.6) is 0 Å². The van der Waals surface area contributed by atoms with Crippen molar-refractivity contribution in [2.24, 2.45) is 0 Å². The Balaban J connectivity index is 2.99. The highest BCUT2D eigenvalue weighted by Crippen LogP contribution is 2.12. The molecule has 0 radical (unpaired) electrons. The number of carbonyl (C=O) groups is 2. The van der Waals surface area contributed by atoms with Gasteiger partial charge in [-0.3, -0.25) is 0 Å². The van der Waals surface area contributed by atoms with Crippen LogP contribution in [0.3, 0.4) is 0 Å². The number of benzene rings is 1. The second-order valence-electron chi connectivity index (χ2n) is 2.65. The lowest BCUT2D eigenvalue weighted by atomic mass is 10.1. The normalized spacial score (nSPS) is 10.6. The molecule has 0 heterocycles. The van der Waals surface area contributed by atoms with E-state index in [0.29, 0.717) is 0 Å². The molecule has 0 aliphatic heterocycles. The summed E-state index contributed by atoms with van der Waals surface area (Å²) in [5.74, 6) is -2.69. The summed E-state index contributed by atoms with van der Waals surface area (Å²) in [6, 6.07) is 4.79. The van der Waals surface area contributed by atoms with Crippen molar-refractivity contribution in [1.82, 2.24) is 0 Å². The fourth-order valence-corrected chi connectivity index (χ4v) is 1.43. The Morgan fingerprint density at radius 1 is 0.833 bits per heavy atom. The standard InChI is InChI=1S/C8H4Cl2O8/c11-7(17-9(13)14)5-3-1-2-4-6(5)8(12)18-10(15)16/h1-4H. The highest BCUT2D eigenvalue weighted by molar-refractivity contribution is 6.02. The van der Waals surface area contributed by atoms with Gasteiger partial charge in [0.05, 0.1) is 11.1 Å². The summed E-state index contributed by atoms with van der Waals surface area (Å²) in [6.07, 6.45) is 0. The zero-order valence-corrected chi connectivity index (χ0v) is 9.84. The number of halogens is 2. The van der Waals surface area contributed by atoms with Crippen LogP contribution in [0, 0.1) is 21.6 Å². The predicted octanol–water partition coefficient (Wildman–Crippen LogP) is -3.83. The van der Waals surface area contributed by atoms with E-state index in [2.05, 4.69) is 8.58 Å². The smallest absolute Gasteiger partial charge is 0.307 e. The molecule has 0 bridgehead atoms. The number of hydrogen-bond acceptors (Lipinski definition) is 8. The maximum atomic E-state index is 11.3. The van der Waals surface area contributed by atoms with E-state index in [0.717, 1.165) is 12.1 Å². The van der Waals surface area contributed by atoms with E-state index < -0.39 is 44.6 Å². The Bertz CT molecular complexity index is 405. The van der Waals surface area contributed by atoms with E-state index in [-0.39, 0.29) is 0 Å². The van der Waals surface area contributed by atoms with Crippen LogP contribution in [-0.2, 0) is 8.58 Å². The Labute approximate surface area is 106 Å². The molecule has 0 saturated heterocycles. The van der Waals surface area contributed by atoms with Gasteiger partial charge >= 0.3 is 33.5 Å². The first-order valence-corrected chi connectivity index (χ1v) is 5.92. The van der Waals surface area contributed by atoms with Crippen LogP contribution in [0.2, 0.25) is 0 Å². The molecule has 0 atom stereocenters. The van der Waals surface area contributed by atoms with Crippen molar-refractivity contribution in [3.8, 4) is 0 Å². The summed E-state index contributed by atoms with van der Waals surface area (Å²) in [6.45, 7) is 0. The topological polar surface area (TPSA) is 145 Å². The van der Waals surface area contributed by atoms with Crippen molar-refractivity contribution in [1.29, 1.82) is 0 Å². The van der Waals surface area contributed by atoms with Crippen molar-refractivity contribution in [2.45, 2.75) is 0 Å². The van der Waals surface area contributed by atoms with Crippen LogP contribution in [0.25, 0.3) is 0 Å². The highest BCUT2D eigenvalue weighted by atomic mass is 35.6.